The molecule has 0 aliphatic rings. The molecule has 0 heterocycles. The summed E-state index contributed by atoms with van der Waals surface area (Å²) < 4.78 is 18.1. The van der Waals surface area contributed by atoms with Gasteiger partial charge in [-0.2, -0.15) is 0 Å². The number of nitrogens with one attached hydrogen (secondary N) is 1. The van der Waals surface area contributed by atoms with Crippen LogP contribution in [0, 0.1) is 12.7 Å². The van der Waals surface area contributed by atoms with Gasteiger partial charge in [-0.05, 0) is 44.2 Å². The van der Waals surface area contributed by atoms with Crippen LogP contribution in [0.2, 0.25) is 0 Å². The number of aryl methyl sites for hydroxylation is 1. The predicted molar refractivity (Wildman–Crippen MR) is 81.1 cm³/mol. The summed E-state index contributed by atoms with van der Waals surface area (Å²) in [5.41, 5.74) is 1.75. The summed E-state index contributed by atoms with van der Waals surface area (Å²) in [6.45, 7) is 3.40. The SMILES string of the molecule is Cc1ccc(NC(=O)[C@@H](C)OC(=O)c2cccc(F)c2)cc1. The van der Waals surface area contributed by atoms with Crippen molar-refractivity contribution in [2.45, 2.75) is 20.0 Å². The van der Waals surface area contributed by atoms with Crippen molar-refractivity contribution < 1.29 is 18.7 Å². The minimum absolute atomic E-state index is 0.0648. The summed E-state index contributed by atoms with van der Waals surface area (Å²) in [5, 5.41) is 2.65. The van der Waals surface area contributed by atoms with Crippen LogP contribution in [0.25, 0.3) is 0 Å². The van der Waals surface area contributed by atoms with E-state index in [1.54, 1.807) is 12.1 Å². The van der Waals surface area contributed by atoms with Crippen molar-refractivity contribution in [2.24, 2.45) is 0 Å². The molecule has 0 saturated heterocycles. The minimum Gasteiger partial charge on any atom is -0.449 e. The zero-order chi connectivity index (χ0) is 16.1. The second-order valence-corrected chi connectivity index (χ2v) is 4.91. The monoisotopic (exact) mass is 301 g/mol. The van der Waals surface area contributed by atoms with E-state index < -0.39 is 23.8 Å². The van der Waals surface area contributed by atoms with Gasteiger partial charge in [0.05, 0.1) is 5.56 Å². The molecule has 4 nitrogen and oxygen atoms in total. The molecular formula is C17H16FNO3. The van der Waals surface area contributed by atoms with Crippen molar-refractivity contribution in [3.8, 4) is 0 Å². The van der Waals surface area contributed by atoms with Gasteiger partial charge in [0.1, 0.15) is 5.82 Å². The Hall–Kier alpha value is -2.69. The number of benzene rings is 2. The van der Waals surface area contributed by atoms with E-state index in [0.29, 0.717) is 5.69 Å². The number of hydrogen-bond donors (Lipinski definition) is 1. The Morgan fingerprint density at radius 2 is 1.82 bits per heavy atom. The topological polar surface area (TPSA) is 55.4 Å². The fourth-order valence-electron chi connectivity index (χ4n) is 1.78. The summed E-state index contributed by atoms with van der Waals surface area (Å²) in [6.07, 6.45) is -0.989. The third-order valence-corrected chi connectivity index (χ3v) is 3.03. The molecule has 22 heavy (non-hydrogen) atoms. The summed E-state index contributed by atoms with van der Waals surface area (Å²) >= 11 is 0. The molecule has 1 N–H and O–H groups in total. The Morgan fingerprint density at radius 1 is 1.14 bits per heavy atom. The maximum atomic E-state index is 13.1. The van der Waals surface area contributed by atoms with E-state index in [1.165, 1.54) is 25.1 Å². The highest BCUT2D eigenvalue weighted by Crippen LogP contribution is 2.11. The van der Waals surface area contributed by atoms with Crippen LogP contribution in [0.3, 0.4) is 0 Å². The van der Waals surface area contributed by atoms with Gasteiger partial charge in [-0.3, -0.25) is 4.79 Å². The zero-order valence-electron chi connectivity index (χ0n) is 12.3. The van der Waals surface area contributed by atoms with Gasteiger partial charge in [-0.25, -0.2) is 9.18 Å². The van der Waals surface area contributed by atoms with Crippen molar-refractivity contribution in [2.75, 3.05) is 5.32 Å². The maximum absolute atomic E-state index is 13.1. The zero-order valence-corrected chi connectivity index (χ0v) is 12.3. The molecule has 0 saturated carbocycles. The van der Waals surface area contributed by atoms with Gasteiger partial charge in [0.2, 0.25) is 0 Å². The molecule has 0 bridgehead atoms. The average Bonchev–Trinajstić information content (AvgIpc) is 2.49. The molecule has 0 spiro atoms. The molecular weight excluding hydrogens is 285 g/mol. The van der Waals surface area contributed by atoms with Gasteiger partial charge < -0.3 is 10.1 Å². The fraction of sp³-hybridized carbons (Fsp3) is 0.176. The molecule has 0 aromatic heterocycles. The lowest BCUT2D eigenvalue weighted by Crippen LogP contribution is -2.30. The van der Waals surface area contributed by atoms with Gasteiger partial charge in [0.15, 0.2) is 6.10 Å². The summed E-state index contributed by atoms with van der Waals surface area (Å²) in [5.74, 6) is -1.73. The van der Waals surface area contributed by atoms with Gasteiger partial charge in [-0.1, -0.05) is 23.8 Å². The first kappa shape index (κ1) is 15.7. The highest BCUT2D eigenvalue weighted by Gasteiger charge is 2.19. The quantitative estimate of drug-likeness (QED) is 0.881. The molecule has 2 rings (SSSR count). The number of carbonyl (C=O) groups excluding carboxylic acids is 2. The Morgan fingerprint density at radius 3 is 2.45 bits per heavy atom. The van der Waals surface area contributed by atoms with Gasteiger partial charge in [-0.15, -0.1) is 0 Å². The van der Waals surface area contributed by atoms with Crippen LogP contribution in [-0.2, 0) is 9.53 Å². The Labute approximate surface area is 127 Å². The Balaban J connectivity index is 1.96. The molecule has 0 radical (unpaired) electrons. The molecule has 114 valence electrons. The fourth-order valence-corrected chi connectivity index (χ4v) is 1.78. The standard InChI is InChI=1S/C17H16FNO3/c1-11-6-8-15(9-7-11)19-16(20)12(2)22-17(21)13-4-3-5-14(18)10-13/h3-10,12H,1-2H3,(H,19,20)/t12-/m1/s1. The maximum Gasteiger partial charge on any atom is 0.339 e. The van der Waals surface area contributed by atoms with Crippen LogP contribution in [0.15, 0.2) is 48.5 Å². The van der Waals surface area contributed by atoms with Crippen LogP contribution in [-0.4, -0.2) is 18.0 Å². The van der Waals surface area contributed by atoms with E-state index in [4.69, 9.17) is 4.74 Å². The molecule has 2 aromatic carbocycles. The first-order valence-electron chi connectivity index (χ1n) is 6.80. The lowest BCUT2D eigenvalue weighted by Gasteiger charge is -2.13. The molecule has 0 aliphatic heterocycles. The second-order valence-electron chi connectivity index (χ2n) is 4.91. The normalized spacial score (nSPS) is 11.6. The molecule has 0 unspecified atom stereocenters. The van der Waals surface area contributed by atoms with Crippen molar-refractivity contribution in [1.29, 1.82) is 0 Å². The van der Waals surface area contributed by atoms with Crippen LogP contribution in [0.4, 0.5) is 10.1 Å². The van der Waals surface area contributed by atoms with Crippen LogP contribution in [0.5, 0.6) is 0 Å². The number of esters is 1. The number of halogens is 1. The van der Waals surface area contributed by atoms with Crippen molar-refractivity contribution in [3.05, 3.63) is 65.5 Å². The van der Waals surface area contributed by atoms with E-state index in [2.05, 4.69) is 5.32 Å². The van der Waals surface area contributed by atoms with E-state index in [-0.39, 0.29) is 5.56 Å². The first-order valence-corrected chi connectivity index (χ1v) is 6.80. The van der Waals surface area contributed by atoms with Crippen molar-refractivity contribution >= 4 is 17.6 Å². The predicted octanol–water partition coefficient (Wildman–Crippen LogP) is 3.32. The van der Waals surface area contributed by atoms with Crippen LogP contribution in [0.1, 0.15) is 22.8 Å². The number of ether oxygens (including phenoxy) is 1. The first-order chi connectivity index (χ1) is 10.5. The molecule has 1 atom stereocenters. The van der Waals surface area contributed by atoms with E-state index in [0.717, 1.165) is 11.6 Å². The van der Waals surface area contributed by atoms with Gasteiger partial charge in [0.25, 0.3) is 5.91 Å². The average molecular weight is 301 g/mol. The summed E-state index contributed by atoms with van der Waals surface area (Å²) in [4.78, 5) is 23.8. The number of hydrogen-bond acceptors (Lipinski definition) is 3. The molecule has 5 heteroatoms. The number of amides is 1. The third kappa shape index (κ3) is 4.15. The van der Waals surface area contributed by atoms with Crippen molar-refractivity contribution in [3.63, 3.8) is 0 Å². The van der Waals surface area contributed by atoms with E-state index >= 15 is 0 Å². The number of anilines is 1. The highest BCUT2D eigenvalue weighted by atomic mass is 19.1. The second kappa shape index (κ2) is 6.85. The van der Waals surface area contributed by atoms with Gasteiger partial charge >= 0.3 is 5.97 Å². The van der Waals surface area contributed by atoms with Gasteiger partial charge in [0, 0.05) is 5.69 Å². The number of rotatable bonds is 4. The number of carbonyl (C=O) groups is 2. The molecule has 0 fully saturated rings. The summed E-state index contributed by atoms with van der Waals surface area (Å²) in [7, 11) is 0. The molecule has 0 aliphatic carbocycles. The van der Waals surface area contributed by atoms with Crippen molar-refractivity contribution in [1.82, 2.24) is 0 Å². The van der Waals surface area contributed by atoms with Crippen LogP contribution >= 0.6 is 0 Å². The van der Waals surface area contributed by atoms with E-state index in [1.807, 2.05) is 19.1 Å². The van der Waals surface area contributed by atoms with E-state index in [9.17, 15) is 14.0 Å². The largest absolute Gasteiger partial charge is 0.449 e. The Bertz CT molecular complexity index is 683. The lowest BCUT2D eigenvalue weighted by atomic mass is 10.2. The third-order valence-electron chi connectivity index (χ3n) is 3.03. The minimum atomic E-state index is -0.989. The molecule has 2 aromatic rings. The highest BCUT2D eigenvalue weighted by molar-refractivity contribution is 5.97. The smallest absolute Gasteiger partial charge is 0.339 e. The van der Waals surface area contributed by atoms with Crippen LogP contribution < -0.4 is 5.32 Å². The lowest BCUT2D eigenvalue weighted by molar-refractivity contribution is -0.123. The molecule has 1 amide bonds. The summed E-state index contributed by atoms with van der Waals surface area (Å²) in [6, 6.07) is 12.4. The Kier molecular flexibility index (Phi) is 4.88.